The van der Waals surface area contributed by atoms with E-state index >= 15 is 0 Å². The number of fused-ring (bicyclic) bond motifs is 13. The lowest BCUT2D eigenvalue weighted by Crippen LogP contribution is -2.40. The number of imide groups is 1. The minimum Gasteiger partial charge on any atom is -0.322 e. The van der Waals surface area contributed by atoms with E-state index in [2.05, 4.69) is 86.1 Å². The Hall–Kier alpha value is -4.42. The Bertz CT molecular complexity index is 1890. The first-order valence-electron chi connectivity index (χ1n) is 13.4. The van der Waals surface area contributed by atoms with Gasteiger partial charge in [0.25, 0.3) is 11.8 Å². The molecule has 38 heavy (non-hydrogen) atoms. The highest BCUT2D eigenvalue weighted by molar-refractivity contribution is 6.39. The highest BCUT2D eigenvalue weighted by Crippen LogP contribution is 2.52. The third kappa shape index (κ3) is 2.37. The number of hydrogen-bond acceptors (Lipinski definition) is 3. The van der Waals surface area contributed by atoms with Gasteiger partial charge in [-0.1, -0.05) is 66.7 Å². The lowest BCUT2D eigenvalue weighted by molar-refractivity contribution is 0.00683. The third-order valence-corrected chi connectivity index (χ3v) is 8.97. The summed E-state index contributed by atoms with van der Waals surface area (Å²) in [7, 11) is 0. The SMILES string of the molecule is O=C1NC(=O)c2c1c1c3ccccc3n3c1c1c2c2ccccc2n1[C@H]1CCC[C@@H]3N1Cc1ccccc1. The number of nitrogens with zero attached hydrogens (tertiary/aromatic N) is 3. The van der Waals surface area contributed by atoms with E-state index in [1.54, 1.807) is 0 Å². The van der Waals surface area contributed by atoms with Gasteiger partial charge in [-0.25, -0.2) is 0 Å². The molecule has 2 atom stereocenters. The Labute approximate surface area is 218 Å². The summed E-state index contributed by atoms with van der Waals surface area (Å²) in [5.74, 6) is -0.583. The number of amides is 2. The van der Waals surface area contributed by atoms with Gasteiger partial charge in [0.2, 0.25) is 0 Å². The topological polar surface area (TPSA) is 59.3 Å². The number of aromatic nitrogens is 2. The molecule has 0 unspecified atom stereocenters. The molecule has 0 radical (unpaired) electrons. The second-order valence-electron chi connectivity index (χ2n) is 10.8. The number of carbonyl (C=O) groups is 2. The summed E-state index contributed by atoms with van der Waals surface area (Å²) in [5.41, 5.74) is 6.73. The second kappa shape index (κ2) is 7.11. The second-order valence-corrected chi connectivity index (χ2v) is 10.8. The number of nitrogens with one attached hydrogen (secondary N) is 1. The zero-order chi connectivity index (χ0) is 25.1. The fourth-order valence-corrected chi connectivity index (χ4v) is 7.62. The minimum absolute atomic E-state index is 0.136. The molecule has 4 aromatic carbocycles. The first kappa shape index (κ1) is 20.6. The van der Waals surface area contributed by atoms with Gasteiger partial charge in [0, 0.05) is 28.1 Å². The van der Waals surface area contributed by atoms with Crippen molar-refractivity contribution >= 4 is 55.4 Å². The monoisotopic (exact) mass is 496 g/mol. The van der Waals surface area contributed by atoms with Gasteiger partial charge in [-0.05, 0) is 37.0 Å². The maximum absolute atomic E-state index is 13.4. The van der Waals surface area contributed by atoms with Gasteiger partial charge in [-0.2, -0.15) is 0 Å². The fraction of sp³-hybridized carbons (Fsp3) is 0.188. The van der Waals surface area contributed by atoms with Crippen molar-refractivity contribution in [3.05, 3.63) is 95.6 Å². The molecule has 0 aliphatic carbocycles. The van der Waals surface area contributed by atoms with E-state index in [0.29, 0.717) is 11.1 Å². The molecule has 6 nitrogen and oxygen atoms in total. The quantitative estimate of drug-likeness (QED) is 0.279. The molecule has 0 spiro atoms. The molecule has 2 amide bonds. The molecule has 184 valence electrons. The zero-order valence-corrected chi connectivity index (χ0v) is 20.6. The summed E-state index contributed by atoms with van der Waals surface area (Å²) in [5, 5.41) is 6.51. The maximum atomic E-state index is 13.4. The van der Waals surface area contributed by atoms with Crippen LogP contribution >= 0.6 is 0 Å². The van der Waals surface area contributed by atoms with Crippen LogP contribution in [0.3, 0.4) is 0 Å². The van der Waals surface area contributed by atoms with Gasteiger partial charge >= 0.3 is 0 Å². The van der Waals surface area contributed by atoms with E-state index < -0.39 is 0 Å². The molecule has 9 rings (SSSR count). The Morgan fingerprint density at radius 3 is 1.71 bits per heavy atom. The summed E-state index contributed by atoms with van der Waals surface area (Å²) in [6.45, 7) is 0.825. The normalized spacial score (nSPS) is 20.6. The molecule has 0 saturated carbocycles. The molecule has 6 heteroatoms. The van der Waals surface area contributed by atoms with Crippen LogP contribution in [0, 0.1) is 0 Å². The van der Waals surface area contributed by atoms with E-state index in [9.17, 15) is 9.59 Å². The lowest BCUT2D eigenvalue weighted by atomic mass is 9.96. The van der Waals surface area contributed by atoms with Crippen LogP contribution in [0.4, 0.5) is 0 Å². The highest BCUT2D eigenvalue weighted by atomic mass is 16.2. The van der Waals surface area contributed by atoms with Crippen LogP contribution in [0.15, 0.2) is 78.9 Å². The van der Waals surface area contributed by atoms with Crippen LogP contribution < -0.4 is 5.32 Å². The van der Waals surface area contributed by atoms with E-state index in [1.165, 1.54) is 5.56 Å². The van der Waals surface area contributed by atoms with Crippen LogP contribution in [0.1, 0.15) is 57.9 Å². The summed E-state index contributed by atoms with van der Waals surface area (Å²) in [6.07, 6.45) is 3.44. The van der Waals surface area contributed by atoms with Gasteiger partial charge in [-0.15, -0.1) is 0 Å². The van der Waals surface area contributed by atoms with E-state index in [4.69, 9.17) is 0 Å². The largest absolute Gasteiger partial charge is 0.322 e. The van der Waals surface area contributed by atoms with Crippen LogP contribution in [0.2, 0.25) is 0 Å². The van der Waals surface area contributed by atoms with Crippen molar-refractivity contribution in [2.24, 2.45) is 0 Å². The van der Waals surface area contributed by atoms with Gasteiger partial charge in [0.15, 0.2) is 0 Å². The van der Waals surface area contributed by atoms with E-state index in [-0.39, 0.29) is 24.1 Å². The Balaban J connectivity index is 1.54. The molecule has 6 aromatic rings. The molecule has 2 aromatic heterocycles. The molecule has 3 aliphatic heterocycles. The van der Waals surface area contributed by atoms with E-state index in [1.807, 2.05) is 12.1 Å². The molecular weight excluding hydrogens is 472 g/mol. The summed E-state index contributed by atoms with van der Waals surface area (Å²) < 4.78 is 4.97. The number of benzene rings is 4. The molecule has 1 fully saturated rings. The lowest BCUT2D eigenvalue weighted by Gasteiger charge is -2.42. The minimum atomic E-state index is -0.292. The van der Waals surface area contributed by atoms with Crippen LogP contribution in [-0.4, -0.2) is 25.8 Å². The van der Waals surface area contributed by atoms with Crippen molar-refractivity contribution in [2.75, 3.05) is 0 Å². The smallest absolute Gasteiger partial charge is 0.259 e. The van der Waals surface area contributed by atoms with Gasteiger partial charge in [-0.3, -0.25) is 19.8 Å². The standard InChI is InChI=1S/C32H24N4O2/c37-31-27-25-19-11-4-6-13-21(19)35-23-15-8-16-24(34(23)17-18-9-2-1-3-10-18)36-22-14-7-5-12-20(22)26(30(36)29(25)35)28(27)32(38)33-31/h1-7,9-14,23-24H,8,15-17H2,(H,33,37,38)/t23-,24+. The molecule has 3 aliphatic rings. The van der Waals surface area contributed by atoms with Gasteiger partial charge < -0.3 is 9.13 Å². The fourth-order valence-electron chi connectivity index (χ4n) is 7.62. The average molecular weight is 497 g/mol. The van der Waals surface area contributed by atoms with Crippen LogP contribution in [0.5, 0.6) is 0 Å². The Morgan fingerprint density at radius 1 is 0.658 bits per heavy atom. The predicted octanol–water partition coefficient (Wildman–Crippen LogP) is 6.48. The van der Waals surface area contributed by atoms with Crippen molar-refractivity contribution in [3.63, 3.8) is 0 Å². The first-order chi connectivity index (χ1) is 18.7. The van der Waals surface area contributed by atoms with Gasteiger partial charge in [0.1, 0.15) is 0 Å². The predicted molar refractivity (Wildman–Crippen MR) is 148 cm³/mol. The molecule has 5 heterocycles. The number of hydrogen-bond donors (Lipinski definition) is 1. The Morgan fingerprint density at radius 2 is 1.16 bits per heavy atom. The van der Waals surface area contributed by atoms with Crippen molar-refractivity contribution in [2.45, 2.75) is 38.1 Å². The third-order valence-electron chi connectivity index (χ3n) is 8.97. The molecule has 1 N–H and O–H groups in total. The molecule has 2 bridgehead atoms. The molecule has 1 saturated heterocycles. The van der Waals surface area contributed by atoms with Crippen molar-refractivity contribution in [3.8, 4) is 0 Å². The van der Waals surface area contributed by atoms with Crippen LogP contribution in [-0.2, 0) is 6.54 Å². The summed E-state index contributed by atoms with van der Waals surface area (Å²) in [6, 6.07) is 27.5. The number of rotatable bonds is 2. The number of carbonyl (C=O) groups excluding carboxylic acids is 2. The maximum Gasteiger partial charge on any atom is 0.259 e. The summed E-state index contributed by atoms with van der Waals surface area (Å²) in [4.78, 5) is 29.5. The van der Waals surface area contributed by atoms with Crippen molar-refractivity contribution in [1.29, 1.82) is 0 Å². The first-order valence-corrected chi connectivity index (χ1v) is 13.4. The summed E-state index contributed by atoms with van der Waals surface area (Å²) >= 11 is 0. The highest BCUT2D eigenvalue weighted by Gasteiger charge is 2.43. The van der Waals surface area contributed by atoms with Crippen LogP contribution in [0.25, 0.3) is 43.6 Å². The average Bonchev–Trinajstić information content (AvgIpc) is 3.55. The number of piperidine rings is 1. The Kier molecular flexibility index (Phi) is 3.86. The molecular formula is C32H24N4O2. The number of para-hydroxylation sites is 2. The van der Waals surface area contributed by atoms with Crippen molar-refractivity contribution < 1.29 is 9.59 Å². The van der Waals surface area contributed by atoms with E-state index in [0.717, 1.165) is 69.4 Å². The zero-order valence-electron chi connectivity index (χ0n) is 20.6. The van der Waals surface area contributed by atoms with Crippen molar-refractivity contribution in [1.82, 2.24) is 19.4 Å². The van der Waals surface area contributed by atoms with Gasteiger partial charge in [0.05, 0.1) is 45.5 Å².